The molecule has 1 saturated heterocycles. The molecular formula is C20H31N3O. The van der Waals surface area contributed by atoms with E-state index >= 15 is 0 Å². The number of fused-ring (bicyclic) bond motifs is 1. The fraction of sp³-hybridized carbons (Fsp3) is 0.650. The SMILES string of the molecule is CCNC(=NCCCc1ccccc1)NC1C2CCOC2C1(C)C. The standard InChI is InChI=1S/C20H31N3O/c1-4-21-19(22-13-8-11-15-9-6-5-7-10-15)23-17-16-12-14-24-18(16)20(17,2)3/h5-7,9-10,16-18H,4,8,11-14H2,1-3H3,(H2,21,22,23). The van der Waals surface area contributed by atoms with Gasteiger partial charge in [-0.05, 0) is 31.7 Å². The monoisotopic (exact) mass is 329 g/mol. The molecule has 1 heterocycles. The number of benzene rings is 1. The first kappa shape index (κ1) is 17.3. The van der Waals surface area contributed by atoms with Crippen LogP contribution < -0.4 is 10.6 Å². The van der Waals surface area contributed by atoms with Crippen molar-refractivity contribution in [3.05, 3.63) is 35.9 Å². The van der Waals surface area contributed by atoms with Crippen molar-refractivity contribution in [1.29, 1.82) is 0 Å². The quantitative estimate of drug-likeness (QED) is 0.479. The van der Waals surface area contributed by atoms with E-state index in [1.807, 2.05) is 0 Å². The highest BCUT2D eigenvalue weighted by atomic mass is 16.5. The highest BCUT2D eigenvalue weighted by Gasteiger charge is 2.59. The highest BCUT2D eigenvalue weighted by molar-refractivity contribution is 5.80. The van der Waals surface area contributed by atoms with Gasteiger partial charge in [0.1, 0.15) is 0 Å². The molecule has 4 nitrogen and oxygen atoms in total. The fourth-order valence-electron chi connectivity index (χ4n) is 4.20. The van der Waals surface area contributed by atoms with Crippen molar-refractivity contribution >= 4 is 5.96 Å². The summed E-state index contributed by atoms with van der Waals surface area (Å²) in [5, 5.41) is 7.07. The lowest BCUT2D eigenvalue weighted by Crippen LogP contribution is -2.67. The van der Waals surface area contributed by atoms with Crippen LogP contribution in [0.4, 0.5) is 0 Å². The number of ether oxygens (including phenoxy) is 1. The lowest BCUT2D eigenvalue weighted by molar-refractivity contribution is -0.106. The Hall–Kier alpha value is -1.55. The maximum absolute atomic E-state index is 5.89. The van der Waals surface area contributed by atoms with Crippen LogP contribution in [0.3, 0.4) is 0 Å². The Balaban J connectivity index is 1.52. The van der Waals surface area contributed by atoms with Crippen molar-refractivity contribution in [2.45, 2.75) is 52.2 Å². The van der Waals surface area contributed by atoms with Gasteiger partial charge in [-0.3, -0.25) is 4.99 Å². The summed E-state index contributed by atoms with van der Waals surface area (Å²) in [4.78, 5) is 4.78. The van der Waals surface area contributed by atoms with Gasteiger partial charge in [-0.25, -0.2) is 0 Å². The molecule has 0 spiro atoms. The van der Waals surface area contributed by atoms with Crippen molar-refractivity contribution < 1.29 is 4.74 Å². The van der Waals surface area contributed by atoms with Crippen LogP contribution in [0.2, 0.25) is 0 Å². The van der Waals surface area contributed by atoms with Gasteiger partial charge in [0.2, 0.25) is 0 Å². The molecule has 0 bridgehead atoms. The van der Waals surface area contributed by atoms with Crippen molar-refractivity contribution in [2.75, 3.05) is 19.7 Å². The molecule has 1 aromatic carbocycles. The Morgan fingerprint density at radius 3 is 2.83 bits per heavy atom. The molecule has 132 valence electrons. The number of hydrogen-bond donors (Lipinski definition) is 2. The summed E-state index contributed by atoms with van der Waals surface area (Å²) in [7, 11) is 0. The maximum atomic E-state index is 5.89. The molecule has 3 atom stereocenters. The zero-order chi connectivity index (χ0) is 17.0. The second-order valence-corrected chi connectivity index (χ2v) is 7.54. The molecular weight excluding hydrogens is 298 g/mol. The average Bonchev–Trinajstić information content (AvgIpc) is 3.04. The summed E-state index contributed by atoms with van der Waals surface area (Å²) in [6, 6.07) is 11.1. The minimum Gasteiger partial charge on any atom is -0.377 e. The van der Waals surface area contributed by atoms with Gasteiger partial charge in [0.25, 0.3) is 0 Å². The van der Waals surface area contributed by atoms with E-state index in [4.69, 9.17) is 9.73 Å². The average molecular weight is 329 g/mol. The molecule has 2 fully saturated rings. The number of guanidine groups is 1. The molecule has 1 aliphatic carbocycles. The molecule has 0 aromatic heterocycles. The first-order valence-electron chi connectivity index (χ1n) is 9.33. The van der Waals surface area contributed by atoms with Crippen LogP contribution in [0.5, 0.6) is 0 Å². The van der Waals surface area contributed by atoms with E-state index in [1.54, 1.807) is 0 Å². The van der Waals surface area contributed by atoms with Crippen molar-refractivity contribution in [3.8, 4) is 0 Å². The van der Waals surface area contributed by atoms with Crippen molar-refractivity contribution in [3.63, 3.8) is 0 Å². The molecule has 2 N–H and O–H groups in total. The Labute approximate surface area is 146 Å². The number of hydrogen-bond acceptors (Lipinski definition) is 2. The zero-order valence-corrected chi connectivity index (χ0v) is 15.2. The third kappa shape index (κ3) is 3.59. The van der Waals surface area contributed by atoms with E-state index < -0.39 is 0 Å². The molecule has 1 aliphatic heterocycles. The molecule has 3 unspecified atom stereocenters. The van der Waals surface area contributed by atoms with Gasteiger partial charge in [-0.2, -0.15) is 0 Å². The third-order valence-corrected chi connectivity index (χ3v) is 5.47. The number of nitrogens with one attached hydrogen (secondary N) is 2. The zero-order valence-electron chi connectivity index (χ0n) is 15.2. The highest BCUT2D eigenvalue weighted by Crippen LogP contribution is 2.52. The number of rotatable bonds is 6. The summed E-state index contributed by atoms with van der Waals surface area (Å²) in [6.07, 6.45) is 3.73. The summed E-state index contributed by atoms with van der Waals surface area (Å²) in [5.41, 5.74) is 1.57. The Bertz CT molecular complexity index is 555. The number of aliphatic imine (C=N–C) groups is 1. The van der Waals surface area contributed by atoms with Crippen LogP contribution in [-0.2, 0) is 11.2 Å². The molecule has 1 saturated carbocycles. The largest absolute Gasteiger partial charge is 0.377 e. The van der Waals surface area contributed by atoms with Crippen molar-refractivity contribution in [2.24, 2.45) is 16.3 Å². The van der Waals surface area contributed by atoms with Gasteiger partial charge in [-0.15, -0.1) is 0 Å². The van der Waals surface area contributed by atoms with Gasteiger partial charge < -0.3 is 15.4 Å². The minimum atomic E-state index is 0.182. The van der Waals surface area contributed by atoms with E-state index in [0.717, 1.165) is 38.5 Å². The molecule has 4 heteroatoms. The number of aryl methyl sites for hydroxylation is 1. The second kappa shape index (κ2) is 7.56. The lowest BCUT2D eigenvalue weighted by atomic mass is 9.57. The Morgan fingerprint density at radius 1 is 1.29 bits per heavy atom. The summed E-state index contributed by atoms with van der Waals surface area (Å²) >= 11 is 0. The Morgan fingerprint density at radius 2 is 2.08 bits per heavy atom. The van der Waals surface area contributed by atoms with Gasteiger partial charge in [0, 0.05) is 37.1 Å². The molecule has 2 aliphatic rings. The van der Waals surface area contributed by atoms with Gasteiger partial charge in [0.05, 0.1) is 6.10 Å². The lowest BCUT2D eigenvalue weighted by Gasteiger charge is -2.54. The van der Waals surface area contributed by atoms with Crippen LogP contribution in [0.25, 0.3) is 0 Å². The van der Waals surface area contributed by atoms with Crippen LogP contribution >= 0.6 is 0 Å². The summed E-state index contributed by atoms with van der Waals surface area (Å²) in [5.74, 6) is 1.59. The van der Waals surface area contributed by atoms with Crippen molar-refractivity contribution in [1.82, 2.24) is 10.6 Å². The predicted octanol–water partition coefficient (Wildman–Crippen LogP) is 2.99. The summed E-state index contributed by atoms with van der Waals surface area (Å²) in [6.45, 7) is 9.37. The molecule has 0 amide bonds. The van der Waals surface area contributed by atoms with Gasteiger partial charge >= 0.3 is 0 Å². The smallest absolute Gasteiger partial charge is 0.191 e. The number of nitrogens with zero attached hydrogens (tertiary/aromatic N) is 1. The van der Waals surface area contributed by atoms with E-state index in [2.05, 4.69) is 61.7 Å². The van der Waals surface area contributed by atoms with Crippen LogP contribution in [0, 0.1) is 11.3 Å². The summed E-state index contributed by atoms with van der Waals surface area (Å²) < 4.78 is 5.89. The molecule has 24 heavy (non-hydrogen) atoms. The second-order valence-electron chi connectivity index (χ2n) is 7.54. The van der Waals surface area contributed by atoms with E-state index in [-0.39, 0.29) is 5.41 Å². The first-order chi connectivity index (χ1) is 11.6. The Kier molecular flexibility index (Phi) is 5.44. The van der Waals surface area contributed by atoms with E-state index in [0.29, 0.717) is 18.1 Å². The molecule has 1 aromatic rings. The topological polar surface area (TPSA) is 45.7 Å². The normalized spacial score (nSPS) is 28.1. The van der Waals surface area contributed by atoms with Gasteiger partial charge in [-0.1, -0.05) is 44.2 Å². The van der Waals surface area contributed by atoms with Crippen LogP contribution in [0.15, 0.2) is 35.3 Å². The van der Waals surface area contributed by atoms with Gasteiger partial charge in [0.15, 0.2) is 5.96 Å². The predicted molar refractivity (Wildman–Crippen MR) is 99.3 cm³/mol. The van der Waals surface area contributed by atoms with Crippen LogP contribution in [-0.4, -0.2) is 37.8 Å². The molecule has 0 radical (unpaired) electrons. The fourth-order valence-corrected chi connectivity index (χ4v) is 4.20. The molecule has 3 rings (SSSR count). The third-order valence-electron chi connectivity index (χ3n) is 5.47. The minimum absolute atomic E-state index is 0.182. The van der Waals surface area contributed by atoms with E-state index in [1.165, 1.54) is 12.0 Å². The van der Waals surface area contributed by atoms with Crippen LogP contribution in [0.1, 0.15) is 39.2 Å². The first-order valence-corrected chi connectivity index (χ1v) is 9.33. The van der Waals surface area contributed by atoms with E-state index in [9.17, 15) is 0 Å². The maximum Gasteiger partial charge on any atom is 0.191 e.